The van der Waals surface area contributed by atoms with Crippen LogP contribution in [0.4, 0.5) is 17.6 Å². The van der Waals surface area contributed by atoms with Gasteiger partial charge in [-0.2, -0.15) is 5.10 Å². The molecule has 0 aromatic heterocycles. The van der Waals surface area contributed by atoms with Crippen LogP contribution in [-0.2, 0) is 0 Å². The SMILES string of the molecule is C=CC(N=C(NN(C)/C(C=NC(CC(F)F)CN(N)C1CC(F)(F)C1)=C/N)C(/C=C/N)=NC(C)C)C(CCC)C1CC1.C=NN. The van der Waals surface area contributed by atoms with E-state index in [1.54, 1.807) is 18.1 Å². The smallest absolute Gasteiger partial charge is 0.251 e. The Bertz CT molecular complexity index is 1050. The Morgan fingerprint density at radius 2 is 1.78 bits per heavy atom. The third-order valence-corrected chi connectivity index (χ3v) is 7.36. The van der Waals surface area contributed by atoms with Gasteiger partial charge in [-0.3, -0.25) is 31.3 Å². The summed E-state index contributed by atoms with van der Waals surface area (Å²) in [5.74, 6) is 8.90. The molecule has 2 aliphatic rings. The van der Waals surface area contributed by atoms with Crippen LogP contribution in [0.5, 0.6) is 0 Å². The van der Waals surface area contributed by atoms with E-state index in [4.69, 9.17) is 27.3 Å². The Morgan fingerprint density at radius 3 is 2.22 bits per heavy atom. The van der Waals surface area contributed by atoms with Crippen molar-refractivity contribution in [3.63, 3.8) is 0 Å². The van der Waals surface area contributed by atoms with Crippen LogP contribution in [0.1, 0.15) is 65.7 Å². The van der Waals surface area contributed by atoms with Gasteiger partial charge >= 0.3 is 0 Å². The number of nitrogens with two attached hydrogens (primary N) is 4. The van der Waals surface area contributed by atoms with Crippen LogP contribution in [0, 0.1) is 11.8 Å². The highest BCUT2D eigenvalue weighted by Gasteiger charge is 2.47. The largest absolute Gasteiger partial charge is 0.405 e. The summed E-state index contributed by atoms with van der Waals surface area (Å²) in [5.41, 5.74) is 15.8. The van der Waals surface area contributed by atoms with Crippen LogP contribution in [0.15, 0.2) is 56.9 Å². The lowest BCUT2D eigenvalue weighted by Gasteiger charge is -2.41. The van der Waals surface area contributed by atoms with Gasteiger partial charge in [0.2, 0.25) is 6.43 Å². The number of amidine groups is 1. The summed E-state index contributed by atoms with van der Waals surface area (Å²) in [6.07, 6.45) is 7.86. The minimum atomic E-state index is -2.77. The van der Waals surface area contributed by atoms with E-state index in [0.717, 1.165) is 12.8 Å². The number of nitrogens with one attached hydrogen (secondary N) is 1. The summed E-state index contributed by atoms with van der Waals surface area (Å²) in [5, 5.41) is 5.48. The molecule has 0 aliphatic heterocycles. The summed E-state index contributed by atoms with van der Waals surface area (Å²) < 4.78 is 53.2. The molecular formula is C30H53F4N11. The maximum absolute atomic E-state index is 13.3. The average Bonchev–Trinajstić information content (AvgIpc) is 3.78. The van der Waals surface area contributed by atoms with E-state index in [2.05, 4.69) is 41.6 Å². The van der Waals surface area contributed by atoms with Crippen molar-refractivity contribution in [2.24, 2.45) is 55.1 Å². The van der Waals surface area contributed by atoms with E-state index >= 15 is 0 Å². The number of nitrogens with zero attached hydrogens (tertiary/aromatic N) is 6. The second-order valence-electron chi connectivity index (χ2n) is 11.6. The summed E-state index contributed by atoms with van der Waals surface area (Å²) >= 11 is 0. The van der Waals surface area contributed by atoms with Gasteiger partial charge in [0.1, 0.15) is 5.71 Å². The first kappa shape index (κ1) is 39.6. The van der Waals surface area contributed by atoms with Crippen molar-refractivity contribution in [2.45, 2.75) is 102 Å². The number of halogens is 4. The topological polar surface area (TPSA) is 172 Å². The number of hydrogen-bond donors (Lipinski definition) is 5. The highest BCUT2D eigenvalue weighted by Crippen LogP contribution is 2.42. The molecule has 2 aliphatic carbocycles. The molecule has 0 saturated heterocycles. The number of rotatable bonds is 18. The van der Waals surface area contributed by atoms with Gasteiger partial charge in [0.05, 0.1) is 17.8 Å². The molecule has 256 valence electrons. The molecular weight excluding hydrogens is 590 g/mol. The van der Waals surface area contributed by atoms with Crippen molar-refractivity contribution in [2.75, 3.05) is 13.6 Å². The van der Waals surface area contributed by atoms with Crippen molar-refractivity contribution in [3.05, 3.63) is 36.8 Å². The van der Waals surface area contributed by atoms with Crippen LogP contribution < -0.4 is 28.6 Å². The van der Waals surface area contributed by atoms with Crippen LogP contribution in [-0.4, -0.2) is 84.6 Å². The molecule has 3 atom stereocenters. The fourth-order valence-electron chi connectivity index (χ4n) is 5.01. The predicted octanol–water partition coefficient (Wildman–Crippen LogP) is 3.95. The molecule has 15 heteroatoms. The van der Waals surface area contributed by atoms with Crippen molar-refractivity contribution < 1.29 is 17.6 Å². The van der Waals surface area contributed by atoms with Crippen LogP contribution >= 0.6 is 0 Å². The third-order valence-electron chi connectivity index (χ3n) is 7.36. The molecule has 0 spiro atoms. The van der Waals surface area contributed by atoms with Crippen LogP contribution in [0.3, 0.4) is 0 Å². The fourth-order valence-corrected chi connectivity index (χ4v) is 5.01. The van der Waals surface area contributed by atoms with E-state index in [0.29, 0.717) is 29.1 Å². The first-order valence-corrected chi connectivity index (χ1v) is 15.2. The zero-order valence-electron chi connectivity index (χ0n) is 27.0. The lowest BCUT2D eigenvalue weighted by Crippen LogP contribution is -2.55. The number of hydrogen-bond acceptors (Lipinski definition) is 10. The molecule has 2 saturated carbocycles. The molecule has 0 aromatic rings. The first-order chi connectivity index (χ1) is 21.2. The molecule has 45 heavy (non-hydrogen) atoms. The van der Waals surface area contributed by atoms with Gasteiger partial charge < -0.3 is 17.3 Å². The highest BCUT2D eigenvalue weighted by atomic mass is 19.3. The van der Waals surface area contributed by atoms with Gasteiger partial charge in [-0.05, 0) is 57.2 Å². The van der Waals surface area contributed by atoms with E-state index in [1.165, 1.54) is 36.5 Å². The zero-order chi connectivity index (χ0) is 34.2. The Morgan fingerprint density at radius 1 is 1.16 bits per heavy atom. The van der Waals surface area contributed by atoms with Crippen LogP contribution in [0.2, 0.25) is 0 Å². The minimum Gasteiger partial charge on any atom is -0.405 e. The first-order valence-electron chi connectivity index (χ1n) is 15.2. The zero-order valence-corrected chi connectivity index (χ0v) is 27.0. The molecule has 0 bridgehead atoms. The van der Waals surface area contributed by atoms with Gasteiger partial charge in [-0.25, -0.2) is 22.6 Å². The van der Waals surface area contributed by atoms with Gasteiger partial charge in [-0.1, -0.05) is 19.4 Å². The third kappa shape index (κ3) is 14.5. The standard InChI is InChI=1S/C29H49F4N9.CH4N2/c1-6-8-24(20-9-10-20)25(7-2)39-28(26(11-12-34)38-19(3)4)40-41(5)23(16-35)17-37-21(13-27(30)31)18-42(36)22-14-29(32,33)15-22;1-3-2/h7,11-12,16-17,19-22,24-25,27H,2,6,8-10,13-15,18,34-36H2,1,3-5H3,(H,39,40);1-2H2/b12-11+,23-16+,37-17?,38-26?;. The van der Waals surface area contributed by atoms with Gasteiger partial charge in [0.25, 0.3) is 5.92 Å². The van der Waals surface area contributed by atoms with Gasteiger partial charge in [-0.15, -0.1) is 6.58 Å². The Balaban J connectivity index is 0.00000324. The number of alkyl halides is 4. The van der Waals surface area contributed by atoms with Crippen molar-refractivity contribution in [1.29, 1.82) is 0 Å². The Hall–Kier alpha value is -3.46. The summed E-state index contributed by atoms with van der Waals surface area (Å²) in [7, 11) is 1.68. The number of hydrazine groups is 2. The van der Waals surface area contributed by atoms with Gasteiger partial charge in [0, 0.05) is 64.1 Å². The quantitative estimate of drug-likeness (QED) is 0.0376. The number of allylic oxidation sites excluding steroid dienone is 1. The van der Waals surface area contributed by atoms with E-state index in [-0.39, 0.29) is 18.6 Å². The number of hydrazone groups is 1. The van der Waals surface area contributed by atoms with Gasteiger partial charge in [0.15, 0.2) is 5.84 Å². The second kappa shape index (κ2) is 19.8. The summed E-state index contributed by atoms with van der Waals surface area (Å²) in [6, 6.07) is -1.73. The highest BCUT2D eigenvalue weighted by molar-refractivity contribution is 6.45. The maximum atomic E-state index is 13.3. The van der Waals surface area contributed by atoms with E-state index in [9.17, 15) is 17.6 Å². The second-order valence-corrected chi connectivity index (χ2v) is 11.6. The molecule has 2 rings (SSSR count). The summed E-state index contributed by atoms with van der Waals surface area (Å²) in [4.78, 5) is 14.0. The van der Waals surface area contributed by atoms with Crippen LogP contribution in [0.25, 0.3) is 0 Å². The molecule has 2 fully saturated rings. The maximum Gasteiger partial charge on any atom is 0.251 e. The Kier molecular flexibility index (Phi) is 17.4. The molecule has 3 unspecified atom stereocenters. The van der Waals surface area contributed by atoms with Crippen molar-refractivity contribution in [3.8, 4) is 0 Å². The molecule has 0 aromatic carbocycles. The molecule has 9 N–H and O–H groups in total. The van der Waals surface area contributed by atoms with Crippen molar-refractivity contribution in [1.82, 2.24) is 15.4 Å². The fraction of sp³-hybridized carbons (Fsp3) is 0.667. The normalized spacial score (nSPS) is 19.8. The predicted molar refractivity (Wildman–Crippen MR) is 177 cm³/mol. The van der Waals surface area contributed by atoms with E-state index in [1.807, 2.05) is 19.9 Å². The molecule has 0 radical (unpaired) electrons. The Labute approximate surface area is 265 Å². The van der Waals surface area contributed by atoms with E-state index < -0.39 is 43.7 Å². The molecule has 0 heterocycles. The minimum absolute atomic E-state index is 0.0541. The lowest BCUT2D eigenvalue weighted by molar-refractivity contribution is -0.126. The number of aliphatic imine (C=N–C) groups is 3. The average molecular weight is 644 g/mol. The summed E-state index contributed by atoms with van der Waals surface area (Å²) in [6.45, 7) is 12.9. The molecule has 0 amide bonds. The van der Waals surface area contributed by atoms with Crippen molar-refractivity contribution >= 4 is 24.5 Å². The monoisotopic (exact) mass is 643 g/mol. The lowest BCUT2D eigenvalue weighted by atomic mass is 9.87. The molecule has 11 nitrogen and oxygen atoms in total.